The van der Waals surface area contributed by atoms with Crippen LogP contribution in [0.1, 0.15) is 79.9 Å². The first kappa shape index (κ1) is 31.0. The van der Waals surface area contributed by atoms with Crippen LogP contribution in [0.5, 0.6) is 11.5 Å². The number of aromatic nitrogens is 2. The molecule has 242 valence electrons. The molecule has 4 heterocycles. The number of benzene rings is 3. The molecule has 2 saturated heterocycles. The molecule has 2 aliphatic rings. The van der Waals surface area contributed by atoms with Crippen molar-refractivity contribution in [2.45, 2.75) is 64.0 Å². The molecule has 2 aliphatic heterocycles. The van der Waals surface area contributed by atoms with Crippen LogP contribution in [0.15, 0.2) is 91.3 Å². The molecule has 2 fully saturated rings. The van der Waals surface area contributed by atoms with Crippen molar-refractivity contribution in [1.82, 2.24) is 14.9 Å². The van der Waals surface area contributed by atoms with Crippen molar-refractivity contribution in [3.8, 4) is 22.6 Å². The summed E-state index contributed by atoms with van der Waals surface area (Å²) in [5.41, 5.74) is 6.81. The van der Waals surface area contributed by atoms with Gasteiger partial charge in [-0.05, 0) is 131 Å². The summed E-state index contributed by atoms with van der Waals surface area (Å²) in [6, 6.07) is 27.9. The lowest BCUT2D eigenvalue weighted by Crippen LogP contribution is -2.30. The van der Waals surface area contributed by atoms with E-state index < -0.39 is 11.6 Å². The van der Waals surface area contributed by atoms with Gasteiger partial charge < -0.3 is 24.3 Å². The number of nitrogens with zero attached hydrogens (tertiary/aromatic N) is 3. The van der Waals surface area contributed by atoms with Crippen molar-refractivity contribution < 1.29 is 14.3 Å². The summed E-state index contributed by atoms with van der Waals surface area (Å²) in [4.78, 5) is 25.8. The van der Waals surface area contributed by atoms with Gasteiger partial charge in [-0.3, -0.25) is 0 Å². The highest BCUT2D eigenvalue weighted by atomic mass is 16.6. The van der Waals surface area contributed by atoms with Crippen LogP contribution in [-0.4, -0.2) is 53.1 Å². The average Bonchev–Trinajstić information content (AvgIpc) is 3.74. The number of pyridine rings is 1. The predicted octanol–water partition coefficient (Wildman–Crippen LogP) is 9.13. The molecule has 0 unspecified atom stereocenters. The van der Waals surface area contributed by atoms with Crippen LogP contribution in [-0.2, 0) is 4.74 Å². The number of rotatable bonds is 7. The largest absolute Gasteiger partial charge is 0.456 e. The molecule has 0 amide bonds. The fraction of sp³-hybridized carbons (Fsp3) is 0.350. The molecular weight excluding hydrogens is 584 g/mol. The highest BCUT2D eigenvalue weighted by molar-refractivity contribution is 5.94. The molecule has 1 atom stereocenters. The Hall–Kier alpha value is -4.62. The van der Waals surface area contributed by atoms with E-state index in [2.05, 4.69) is 75.3 Å². The fourth-order valence-corrected chi connectivity index (χ4v) is 7.14. The third-order valence-electron chi connectivity index (χ3n) is 9.50. The highest BCUT2D eigenvalue weighted by Gasteiger charge is 2.31. The predicted molar refractivity (Wildman–Crippen MR) is 188 cm³/mol. The summed E-state index contributed by atoms with van der Waals surface area (Å²) in [5, 5.41) is 0.933. The summed E-state index contributed by atoms with van der Waals surface area (Å²) in [6.45, 7) is 8.97. The van der Waals surface area contributed by atoms with Crippen LogP contribution in [0.2, 0.25) is 0 Å². The van der Waals surface area contributed by atoms with Crippen molar-refractivity contribution in [3.63, 3.8) is 0 Å². The van der Waals surface area contributed by atoms with E-state index in [1.54, 1.807) is 12.3 Å². The number of carbonyl (C=O) groups excluding carboxylic acids is 1. The molecule has 1 N–H and O–H groups in total. The van der Waals surface area contributed by atoms with Gasteiger partial charge in [-0.25, -0.2) is 9.78 Å². The second-order valence-electron chi connectivity index (χ2n) is 14.0. The molecular formula is C40H44N4O3. The summed E-state index contributed by atoms with van der Waals surface area (Å²) >= 11 is 0. The molecule has 2 aromatic heterocycles. The Labute approximate surface area is 277 Å². The number of esters is 1. The zero-order valence-corrected chi connectivity index (χ0v) is 27.8. The van der Waals surface area contributed by atoms with E-state index in [0.29, 0.717) is 29.0 Å². The van der Waals surface area contributed by atoms with E-state index in [-0.39, 0.29) is 0 Å². The summed E-state index contributed by atoms with van der Waals surface area (Å²) in [6.07, 6.45) is 8.31. The first-order valence-electron chi connectivity index (χ1n) is 16.8. The number of likely N-dealkylation sites (tertiary alicyclic amines) is 1. The van der Waals surface area contributed by atoms with Crippen molar-refractivity contribution in [3.05, 3.63) is 108 Å². The van der Waals surface area contributed by atoms with Crippen LogP contribution >= 0.6 is 0 Å². The molecule has 7 rings (SSSR count). The van der Waals surface area contributed by atoms with Gasteiger partial charge in [0.2, 0.25) is 0 Å². The number of H-pyrrole nitrogens is 1. The van der Waals surface area contributed by atoms with E-state index in [0.717, 1.165) is 28.7 Å². The standard InChI is InChI=1S/C40H44N4O3/c1-40(2,3)47-39(45)35-16-13-29(25-37(35)46-32-24-30-17-20-41-38(30)42-26-32)27-11-14-31(15-12-27)44-21-7-10-36(44)34-9-6-5-8-33(34)28-18-22-43(4)23-19-28/h5-6,8-9,11-17,20,24-26,28,36H,7,10,18-19,21-23H2,1-4H3,(H,41,42)/t36-/m1/s1. The Balaban J connectivity index is 1.16. The quantitative estimate of drug-likeness (QED) is 0.181. The third kappa shape index (κ3) is 6.77. The van der Waals surface area contributed by atoms with Gasteiger partial charge in [-0.1, -0.05) is 42.5 Å². The molecule has 47 heavy (non-hydrogen) atoms. The molecule has 5 aromatic rings. The number of piperidine rings is 1. The van der Waals surface area contributed by atoms with Crippen LogP contribution < -0.4 is 9.64 Å². The number of ether oxygens (including phenoxy) is 2. The Morgan fingerprint density at radius 2 is 1.62 bits per heavy atom. The van der Waals surface area contributed by atoms with Crippen molar-refractivity contribution >= 4 is 22.7 Å². The van der Waals surface area contributed by atoms with E-state index in [4.69, 9.17) is 9.47 Å². The summed E-state index contributed by atoms with van der Waals surface area (Å²) < 4.78 is 12.1. The maximum absolute atomic E-state index is 13.2. The van der Waals surface area contributed by atoms with E-state index >= 15 is 0 Å². The molecule has 3 aromatic carbocycles. The first-order chi connectivity index (χ1) is 22.7. The minimum Gasteiger partial charge on any atom is -0.456 e. The van der Waals surface area contributed by atoms with Crippen LogP contribution in [0.25, 0.3) is 22.2 Å². The average molecular weight is 629 g/mol. The van der Waals surface area contributed by atoms with Crippen LogP contribution in [0, 0.1) is 0 Å². The number of fused-ring (bicyclic) bond motifs is 1. The number of nitrogens with one attached hydrogen (secondary N) is 1. The molecule has 0 radical (unpaired) electrons. The number of carbonyl (C=O) groups is 1. The SMILES string of the molecule is CN1CCC(c2ccccc2[C@H]2CCCN2c2ccc(-c3ccc(C(=O)OC(C)(C)C)c(Oc4cnc5[nH]ccc5c4)c3)cc2)CC1. The molecule has 7 heteroatoms. The lowest BCUT2D eigenvalue weighted by Gasteiger charge is -2.34. The van der Waals surface area contributed by atoms with E-state index in [1.807, 2.05) is 51.2 Å². The summed E-state index contributed by atoms with van der Waals surface area (Å²) in [5.74, 6) is 1.19. The number of hydrogen-bond acceptors (Lipinski definition) is 6. The van der Waals surface area contributed by atoms with Gasteiger partial charge in [0.1, 0.15) is 28.3 Å². The topological polar surface area (TPSA) is 70.7 Å². The van der Waals surface area contributed by atoms with Crippen molar-refractivity contribution in [2.75, 3.05) is 31.6 Å². The Bertz CT molecular complexity index is 1870. The Kier molecular flexibility index (Phi) is 8.50. The Morgan fingerprint density at radius 3 is 2.38 bits per heavy atom. The van der Waals surface area contributed by atoms with Crippen LogP contribution in [0.3, 0.4) is 0 Å². The molecule has 0 bridgehead atoms. The highest BCUT2D eigenvalue weighted by Crippen LogP contribution is 2.42. The second-order valence-corrected chi connectivity index (χ2v) is 14.0. The molecule has 0 saturated carbocycles. The third-order valence-corrected chi connectivity index (χ3v) is 9.50. The number of hydrogen-bond donors (Lipinski definition) is 1. The monoisotopic (exact) mass is 628 g/mol. The van der Waals surface area contributed by atoms with E-state index in [1.165, 1.54) is 55.6 Å². The molecule has 0 spiro atoms. The van der Waals surface area contributed by atoms with Crippen molar-refractivity contribution in [2.24, 2.45) is 0 Å². The normalized spacial score (nSPS) is 17.7. The fourth-order valence-electron chi connectivity index (χ4n) is 7.14. The van der Waals surface area contributed by atoms with Gasteiger partial charge in [-0.15, -0.1) is 0 Å². The Morgan fingerprint density at radius 1 is 0.872 bits per heavy atom. The molecule has 7 nitrogen and oxygen atoms in total. The summed E-state index contributed by atoms with van der Waals surface area (Å²) in [7, 11) is 2.23. The van der Waals surface area contributed by atoms with E-state index in [9.17, 15) is 4.79 Å². The number of anilines is 1. The van der Waals surface area contributed by atoms with Gasteiger partial charge in [0.25, 0.3) is 0 Å². The smallest absolute Gasteiger partial charge is 0.342 e. The van der Waals surface area contributed by atoms with Gasteiger partial charge >= 0.3 is 5.97 Å². The lowest BCUT2D eigenvalue weighted by atomic mass is 9.84. The minimum atomic E-state index is -0.629. The lowest BCUT2D eigenvalue weighted by molar-refractivity contribution is 0.00672. The second kappa shape index (κ2) is 12.9. The van der Waals surface area contributed by atoms with Gasteiger partial charge in [0.05, 0.1) is 12.2 Å². The van der Waals surface area contributed by atoms with Crippen LogP contribution in [0.4, 0.5) is 5.69 Å². The van der Waals surface area contributed by atoms with Gasteiger partial charge in [0, 0.05) is 23.8 Å². The van der Waals surface area contributed by atoms with Gasteiger partial charge in [-0.2, -0.15) is 0 Å². The molecule has 0 aliphatic carbocycles. The van der Waals surface area contributed by atoms with Gasteiger partial charge in [0.15, 0.2) is 0 Å². The maximum atomic E-state index is 13.2. The maximum Gasteiger partial charge on any atom is 0.342 e. The minimum absolute atomic E-state index is 0.373. The van der Waals surface area contributed by atoms with Crippen molar-refractivity contribution in [1.29, 1.82) is 0 Å². The zero-order chi connectivity index (χ0) is 32.5. The number of aromatic amines is 1. The zero-order valence-electron chi connectivity index (χ0n) is 27.8. The first-order valence-corrected chi connectivity index (χ1v) is 16.8.